The highest BCUT2D eigenvalue weighted by Gasteiger charge is 2.35. The highest BCUT2D eigenvalue weighted by atomic mass is 35.5. The SMILES string of the molecule is O=C(c1c[nH]c2ccccc12)[C@H](O)[C@H](c1ccc(Cl)cc1)N1CCN(c2ccccn2)CC1. The smallest absolute Gasteiger partial charge is 0.195 e. The number of H-pyrrole nitrogens is 1. The Morgan fingerprint density at radius 1 is 0.970 bits per heavy atom. The first-order chi connectivity index (χ1) is 16.1. The van der Waals surface area contributed by atoms with Crippen LogP contribution in [0.5, 0.6) is 0 Å². The molecular formula is C26H25ClN4O2. The summed E-state index contributed by atoms with van der Waals surface area (Å²) in [4.78, 5) is 25.5. The Bertz CT molecular complexity index is 1230. The van der Waals surface area contributed by atoms with Gasteiger partial charge in [-0.2, -0.15) is 0 Å². The van der Waals surface area contributed by atoms with Crippen LogP contribution in [-0.4, -0.2) is 58.0 Å². The second-order valence-corrected chi connectivity index (χ2v) is 8.70. The minimum atomic E-state index is -1.22. The van der Waals surface area contributed by atoms with E-state index in [1.165, 1.54) is 0 Å². The summed E-state index contributed by atoms with van der Waals surface area (Å²) in [5.74, 6) is 0.648. The van der Waals surface area contributed by atoms with E-state index >= 15 is 0 Å². The van der Waals surface area contributed by atoms with Crippen LogP contribution in [-0.2, 0) is 0 Å². The minimum absolute atomic E-state index is 0.292. The summed E-state index contributed by atoms with van der Waals surface area (Å²) in [6.07, 6.45) is 2.27. The fourth-order valence-corrected chi connectivity index (χ4v) is 4.73. The standard InChI is InChI=1S/C26H25ClN4O2/c27-19-10-8-18(9-11-19)24(31-15-13-30(14-16-31)23-7-3-4-12-28-23)26(33)25(32)21-17-29-22-6-2-1-5-20(21)22/h1-12,17,24,26,29,33H,13-16H2/t24-,26+/m0/s1. The normalized spacial score (nSPS) is 16.6. The van der Waals surface area contributed by atoms with Gasteiger partial charge in [0.15, 0.2) is 5.78 Å². The van der Waals surface area contributed by atoms with Gasteiger partial charge in [0.25, 0.3) is 0 Å². The van der Waals surface area contributed by atoms with Gasteiger partial charge in [0.2, 0.25) is 0 Å². The first-order valence-electron chi connectivity index (χ1n) is 11.1. The van der Waals surface area contributed by atoms with Crippen molar-refractivity contribution in [3.63, 3.8) is 0 Å². The molecule has 0 saturated carbocycles. The van der Waals surface area contributed by atoms with Gasteiger partial charge in [-0.15, -0.1) is 0 Å². The molecule has 0 spiro atoms. The molecule has 0 amide bonds. The number of hydrogen-bond donors (Lipinski definition) is 2. The number of Topliss-reactive ketones (excluding diaryl/α,β-unsaturated/α-hetero) is 1. The number of hydrogen-bond acceptors (Lipinski definition) is 5. The molecule has 2 N–H and O–H groups in total. The quantitative estimate of drug-likeness (QED) is 0.419. The molecule has 0 bridgehead atoms. The molecule has 1 saturated heterocycles. The predicted molar refractivity (Wildman–Crippen MR) is 131 cm³/mol. The molecule has 1 aliphatic rings. The number of aromatic amines is 1. The van der Waals surface area contributed by atoms with Crippen LogP contribution >= 0.6 is 11.6 Å². The monoisotopic (exact) mass is 460 g/mol. The number of rotatable bonds is 6. The number of para-hydroxylation sites is 1. The van der Waals surface area contributed by atoms with Gasteiger partial charge in [-0.25, -0.2) is 4.98 Å². The van der Waals surface area contributed by atoms with Crippen LogP contribution in [0.2, 0.25) is 5.02 Å². The third kappa shape index (κ3) is 4.37. The number of pyridine rings is 1. The number of nitrogens with one attached hydrogen (secondary N) is 1. The summed E-state index contributed by atoms with van der Waals surface area (Å²) < 4.78 is 0. The van der Waals surface area contributed by atoms with Crippen molar-refractivity contribution < 1.29 is 9.90 Å². The summed E-state index contributed by atoms with van der Waals surface area (Å²) in [7, 11) is 0. The van der Waals surface area contributed by atoms with Gasteiger partial charge in [0, 0.05) is 60.1 Å². The summed E-state index contributed by atoms with van der Waals surface area (Å²) in [5.41, 5.74) is 2.25. The van der Waals surface area contributed by atoms with Gasteiger partial charge in [0.1, 0.15) is 11.9 Å². The molecule has 0 unspecified atom stereocenters. The number of halogens is 1. The molecule has 7 heteroatoms. The lowest BCUT2D eigenvalue weighted by molar-refractivity contribution is 0.0365. The Hall–Kier alpha value is -3.19. The highest BCUT2D eigenvalue weighted by molar-refractivity contribution is 6.30. The molecule has 0 radical (unpaired) electrons. The van der Waals surface area contributed by atoms with Gasteiger partial charge in [-0.3, -0.25) is 9.69 Å². The number of aliphatic hydroxyl groups excluding tert-OH is 1. The molecule has 5 rings (SSSR count). The number of aliphatic hydroxyl groups is 1. The predicted octanol–water partition coefficient (Wildman–Crippen LogP) is 4.32. The van der Waals surface area contributed by atoms with E-state index < -0.39 is 12.1 Å². The number of anilines is 1. The third-order valence-electron chi connectivity index (χ3n) is 6.31. The van der Waals surface area contributed by atoms with Crippen molar-refractivity contribution in [2.45, 2.75) is 12.1 Å². The van der Waals surface area contributed by atoms with E-state index in [-0.39, 0.29) is 5.78 Å². The minimum Gasteiger partial charge on any atom is -0.383 e. The number of carbonyl (C=O) groups is 1. The van der Waals surface area contributed by atoms with Crippen molar-refractivity contribution in [2.24, 2.45) is 0 Å². The summed E-state index contributed by atoms with van der Waals surface area (Å²) >= 11 is 6.12. The second kappa shape index (κ2) is 9.35. The van der Waals surface area contributed by atoms with Crippen LogP contribution < -0.4 is 4.90 Å². The average Bonchev–Trinajstić information content (AvgIpc) is 3.30. The van der Waals surface area contributed by atoms with E-state index in [2.05, 4.69) is 19.8 Å². The van der Waals surface area contributed by atoms with Crippen LogP contribution in [0.25, 0.3) is 10.9 Å². The highest BCUT2D eigenvalue weighted by Crippen LogP contribution is 2.31. The topological polar surface area (TPSA) is 72.5 Å². The van der Waals surface area contributed by atoms with Crippen molar-refractivity contribution in [2.75, 3.05) is 31.1 Å². The number of nitrogens with zero attached hydrogens (tertiary/aromatic N) is 3. The number of benzene rings is 2. The van der Waals surface area contributed by atoms with Crippen molar-refractivity contribution in [3.05, 3.63) is 95.3 Å². The average molecular weight is 461 g/mol. The molecule has 3 heterocycles. The van der Waals surface area contributed by atoms with Crippen molar-refractivity contribution in [1.82, 2.24) is 14.9 Å². The Morgan fingerprint density at radius 3 is 2.42 bits per heavy atom. The van der Waals surface area contributed by atoms with E-state index in [1.807, 2.05) is 54.6 Å². The number of ketones is 1. The Kier molecular flexibility index (Phi) is 6.13. The number of carbonyl (C=O) groups excluding carboxylic acids is 1. The molecule has 33 heavy (non-hydrogen) atoms. The number of piperazine rings is 1. The summed E-state index contributed by atoms with van der Waals surface area (Å²) in [6, 6.07) is 20.4. The van der Waals surface area contributed by atoms with Gasteiger partial charge in [-0.1, -0.05) is 48.0 Å². The summed E-state index contributed by atoms with van der Waals surface area (Å²) in [5, 5.41) is 12.8. The van der Waals surface area contributed by atoms with E-state index in [4.69, 9.17) is 11.6 Å². The van der Waals surface area contributed by atoms with Gasteiger partial charge < -0.3 is 15.0 Å². The lowest BCUT2D eigenvalue weighted by atomic mass is 9.93. The largest absolute Gasteiger partial charge is 0.383 e. The molecule has 168 valence electrons. The Balaban J connectivity index is 1.42. The van der Waals surface area contributed by atoms with E-state index in [0.717, 1.165) is 35.4 Å². The zero-order valence-electron chi connectivity index (χ0n) is 18.1. The fraction of sp³-hybridized carbons (Fsp3) is 0.231. The van der Waals surface area contributed by atoms with Gasteiger partial charge in [-0.05, 0) is 35.9 Å². The maximum absolute atomic E-state index is 13.5. The fourth-order valence-electron chi connectivity index (χ4n) is 4.60. The molecule has 1 fully saturated rings. The van der Waals surface area contributed by atoms with Gasteiger partial charge in [0.05, 0.1) is 6.04 Å². The van der Waals surface area contributed by atoms with Crippen molar-refractivity contribution in [1.29, 1.82) is 0 Å². The molecule has 2 aromatic heterocycles. The molecule has 0 aliphatic carbocycles. The van der Waals surface area contributed by atoms with Crippen LogP contribution in [0.3, 0.4) is 0 Å². The maximum Gasteiger partial charge on any atom is 0.195 e. The molecule has 4 aromatic rings. The Labute approximate surface area is 197 Å². The van der Waals surface area contributed by atoms with Crippen LogP contribution in [0.4, 0.5) is 5.82 Å². The number of fused-ring (bicyclic) bond motifs is 1. The first kappa shape index (κ1) is 21.6. The second-order valence-electron chi connectivity index (χ2n) is 8.26. The van der Waals surface area contributed by atoms with E-state index in [9.17, 15) is 9.90 Å². The molecular weight excluding hydrogens is 436 g/mol. The lowest BCUT2D eigenvalue weighted by Gasteiger charge is -2.41. The zero-order valence-corrected chi connectivity index (χ0v) is 18.8. The molecule has 2 aromatic carbocycles. The first-order valence-corrected chi connectivity index (χ1v) is 11.4. The van der Waals surface area contributed by atoms with E-state index in [1.54, 1.807) is 24.5 Å². The van der Waals surface area contributed by atoms with Crippen LogP contribution in [0, 0.1) is 0 Å². The van der Waals surface area contributed by atoms with Crippen LogP contribution in [0.15, 0.2) is 79.1 Å². The number of aromatic nitrogens is 2. The summed E-state index contributed by atoms with van der Waals surface area (Å²) in [6.45, 7) is 2.91. The molecule has 2 atom stereocenters. The maximum atomic E-state index is 13.5. The zero-order chi connectivity index (χ0) is 22.8. The van der Waals surface area contributed by atoms with Gasteiger partial charge >= 0.3 is 0 Å². The van der Waals surface area contributed by atoms with E-state index in [0.29, 0.717) is 23.7 Å². The molecule has 1 aliphatic heterocycles. The molecule has 6 nitrogen and oxygen atoms in total. The van der Waals surface area contributed by atoms with Crippen molar-refractivity contribution >= 4 is 34.1 Å². The third-order valence-corrected chi connectivity index (χ3v) is 6.57. The lowest BCUT2D eigenvalue weighted by Crippen LogP contribution is -2.51. The van der Waals surface area contributed by atoms with Crippen LogP contribution in [0.1, 0.15) is 22.0 Å². The Morgan fingerprint density at radius 2 is 1.70 bits per heavy atom. The van der Waals surface area contributed by atoms with Crippen molar-refractivity contribution in [3.8, 4) is 0 Å².